The zero-order valence-electron chi connectivity index (χ0n) is 11.8. The summed E-state index contributed by atoms with van der Waals surface area (Å²) in [5.41, 5.74) is 0.235. The monoisotopic (exact) mass is 230 g/mol. The Morgan fingerprint density at radius 3 is 2.25 bits per heavy atom. The summed E-state index contributed by atoms with van der Waals surface area (Å²) in [5.74, 6) is 0. The Morgan fingerprint density at radius 2 is 1.75 bits per heavy atom. The summed E-state index contributed by atoms with van der Waals surface area (Å²) in [4.78, 5) is 2.39. The van der Waals surface area contributed by atoms with Crippen molar-refractivity contribution in [1.29, 1.82) is 0 Å². The van der Waals surface area contributed by atoms with Crippen LogP contribution in [0.25, 0.3) is 0 Å². The van der Waals surface area contributed by atoms with Gasteiger partial charge in [0.1, 0.15) is 0 Å². The van der Waals surface area contributed by atoms with E-state index >= 15 is 0 Å². The molecule has 0 aliphatic carbocycles. The maximum absolute atomic E-state index is 5.75. The van der Waals surface area contributed by atoms with Crippen LogP contribution in [0, 0.1) is 5.41 Å². The first-order chi connectivity index (χ1) is 7.55. The molecule has 0 saturated heterocycles. The van der Waals surface area contributed by atoms with E-state index < -0.39 is 0 Å². The zero-order valence-corrected chi connectivity index (χ0v) is 11.8. The third-order valence-electron chi connectivity index (χ3n) is 2.79. The van der Waals surface area contributed by atoms with Gasteiger partial charge in [0.05, 0.1) is 13.2 Å². The molecular formula is C13H30N2O. The van der Waals surface area contributed by atoms with Gasteiger partial charge in [0, 0.05) is 18.5 Å². The summed E-state index contributed by atoms with van der Waals surface area (Å²) in [6.07, 6.45) is 0. The minimum Gasteiger partial charge on any atom is -0.380 e. The van der Waals surface area contributed by atoms with Crippen LogP contribution in [-0.2, 0) is 4.74 Å². The lowest BCUT2D eigenvalue weighted by Gasteiger charge is -2.25. The number of rotatable bonds is 10. The van der Waals surface area contributed by atoms with Crippen LogP contribution in [-0.4, -0.2) is 50.8 Å². The summed E-state index contributed by atoms with van der Waals surface area (Å²) in [5, 5.41) is 3.37. The normalized spacial score (nSPS) is 12.4. The molecule has 1 N–H and O–H groups in total. The van der Waals surface area contributed by atoms with Crippen molar-refractivity contribution in [1.82, 2.24) is 10.2 Å². The molecule has 0 atom stereocenters. The van der Waals surface area contributed by atoms with E-state index in [1.807, 2.05) is 0 Å². The van der Waals surface area contributed by atoms with E-state index in [1.165, 1.54) is 0 Å². The molecular weight excluding hydrogens is 200 g/mol. The van der Waals surface area contributed by atoms with E-state index in [1.54, 1.807) is 0 Å². The summed E-state index contributed by atoms with van der Waals surface area (Å²) in [6.45, 7) is 18.0. The lowest BCUT2D eigenvalue weighted by molar-refractivity contribution is 0.0490. The lowest BCUT2D eigenvalue weighted by atomic mass is 9.95. The van der Waals surface area contributed by atoms with Gasteiger partial charge in [-0.15, -0.1) is 0 Å². The van der Waals surface area contributed by atoms with Crippen molar-refractivity contribution in [2.45, 2.75) is 34.6 Å². The summed E-state index contributed by atoms with van der Waals surface area (Å²) >= 11 is 0. The van der Waals surface area contributed by atoms with Crippen molar-refractivity contribution in [3.05, 3.63) is 0 Å². The molecule has 0 aromatic carbocycles. The van der Waals surface area contributed by atoms with Crippen molar-refractivity contribution in [3.8, 4) is 0 Å². The Kier molecular flexibility index (Phi) is 8.90. The molecule has 0 fully saturated rings. The van der Waals surface area contributed by atoms with Gasteiger partial charge in [-0.25, -0.2) is 0 Å². The van der Waals surface area contributed by atoms with Gasteiger partial charge < -0.3 is 15.0 Å². The first-order valence-corrected chi connectivity index (χ1v) is 6.56. The van der Waals surface area contributed by atoms with Crippen molar-refractivity contribution >= 4 is 0 Å². The number of ether oxygens (including phenoxy) is 1. The fourth-order valence-corrected chi connectivity index (χ4v) is 1.60. The topological polar surface area (TPSA) is 24.5 Å². The molecule has 0 aliphatic rings. The maximum Gasteiger partial charge on any atom is 0.0593 e. The van der Waals surface area contributed by atoms with Crippen molar-refractivity contribution in [2.24, 2.45) is 5.41 Å². The van der Waals surface area contributed by atoms with Crippen LogP contribution in [0.4, 0.5) is 0 Å². The second-order valence-electron chi connectivity index (χ2n) is 5.02. The van der Waals surface area contributed by atoms with Crippen LogP contribution < -0.4 is 5.32 Å². The van der Waals surface area contributed by atoms with E-state index in [0.717, 1.165) is 45.9 Å². The molecule has 0 amide bonds. The van der Waals surface area contributed by atoms with E-state index in [4.69, 9.17) is 4.74 Å². The fraction of sp³-hybridized carbons (Fsp3) is 1.00. The number of nitrogens with zero attached hydrogens (tertiary/aromatic N) is 1. The molecule has 3 heteroatoms. The quantitative estimate of drug-likeness (QED) is 0.581. The molecule has 16 heavy (non-hydrogen) atoms. The van der Waals surface area contributed by atoms with Crippen LogP contribution in [0.3, 0.4) is 0 Å². The highest BCUT2D eigenvalue weighted by atomic mass is 16.5. The molecule has 0 saturated carbocycles. The standard InChI is InChI=1S/C13H30N2O/c1-6-14-11-13(4,5)12-16-10-9-15(7-2)8-3/h14H,6-12H2,1-5H3. The first-order valence-electron chi connectivity index (χ1n) is 6.56. The predicted molar refractivity (Wildman–Crippen MR) is 70.9 cm³/mol. The summed E-state index contributed by atoms with van der Waals surface area (Å²) in [6, 6.07) is 0. The zero-order chi connectivity index (χ0) is 12.4. The molecule has 0 spiro atoms. The van der Waals surface area contributed by atoms with Crippen LogP contribution in [0.1, 0.15) is 34.6 Å². The van der Waals surface area contributed by atoms with Gasteiger partial charge >= 0.3 is 0 Å². The summed E-state index contributed by atoms with van der Waals surface area (Å²) in [7, 11) is 0. The first kappa shape index (κ1) is 15.9. The average Bonchev–Trinajstić information content (AvgIpc) is 2.27. The highest BCUT2D eigenvalue weighted by Crippen LogP contribution is 2.13. The second kappa shape index (κ2) is 8.97. The van der Waals surface area contributed by atoms with Gasteiger partial charge in [0.25, 0.3) is 0 Å². The number of likely N-dealkylation sites (N-methyl/N-ethyl adjacent to an activating group) is 1. The van der Waals surface area contributed by atoms with E-state index in [0.29, 0.717) is 0 Å². The average molecular weight is 230 g/mol. The molecule has 3 nitrogen and oxygen atoms in total. The lowest BCUT2D eigenvalue weighted by Crippen LogP contribution is -2.34. The smallest absolute Gasteiger partial charge is 0.0593 e. The van der Waals surface area contributed by atoms with Gasteiger partial charge in [0.2, 0.25) is 0 Å². The Labute approximate surface area is 102 Å². The third kappa shape index (κ3) is 8.08. The Balaban J connectivity index is 3.56. The number of hydrogen-bond acceptors (Lipinski definition) is 3. The van der Waals surface area contributed by atoms with Gasteiger partial charge in [-0.1, -0.05) is 34.6 Å². The maximum atomic E-state index is 5.75. The minimum atomic E-state index is 0.235. The van der Waals surface area contributed by atoms with E-state index in [2.05, 4.69) is 44.8 Å². The van der Waals surface area contributed by atoms with Gasteiger partial charge in [-0.3, -0.25) is 0 Å². The SMILES string of the molecule is CCNCC(C)(C)COCCN(CC)CC. The molecule has 0 rings (SSSR count). The molecule has 0 heterocycles. The van der Waals surface area contributed by atoms with E-state index in [9.17, 15) is 0 Å². The fourth-order valence-electron chi connectivity index (χ4n) is 1.60. The molecule has 0 aliphatic heterocycles. The third-order valence-corrected chi connectivity index (χ3v) is 2.79. The molecule has 0 unspecified atom stereocenters. The van der Waals surface area contributed by atoms with E-state index in [-0.39, 0.29) is 5.41 Å². The molecule has 0 aromatic heterocycles. The number of hydrogen-bond donors (Lipinski definition) is 1. The summed E-state index contributed by atoms with van der Waals surface area (Å²) < 4.78 is 5.75. The molecule has 0 aromatic rings. The van der Waals surface area contributed by atoms with Crippen LogP contribution in [0.2, 0.25) is 0 Å². The van der Waals surface area contributed by atoms with Gasteiger partial charge in [-0.2, -0.15) is 0 Å². The Hall–Kier alpha value is -0.120. The van der Waals surface area contributed by atoms with Crippen molar-refractivity contribution in [3.63, 3.8) is 0 Å². The van der Waals surface area contributed by atoms with Crippen LogP contribution in [0.15, 0.2) is 0 Å². The van der Waals surface area contributed by atoms with Crippen LogP contribution in [0.5, 0.6) is 0 Å². The predicted octanol–water partition coefficient (Wildman–Crippen LogP) is 1.98. The van der Waals surface area contributed by atoms with Crippen LogP contribution >= 0.6 is 0 Å². The van der Waals surface area contributed by atoms with Gasteiger partial charge in [0.15, 0.2) is 0 Å². The Bertz CT molecular complexity index is 156. The van der Waals surface area contributed by atoms with Crippen molar-refractivity contribution < 1.29 is 4.74 Å². The Morgan fingerprint density at radius 1 is 1.12 bits per heavy atom. The highest BCUT2D eigenvalue weighted by molar-refractivity contribution is 4.70. The largest absolute Gasteiger partial charge is 0.380 e. The molecule has 0 radical (unpaired) electrons. The molecule has 0 bridgehead atoms. The van der Waals surface area contributed by atoms with Gasteiger partial charge in [-0.05, 0) is 19.6 Å². The second-order valence-corrected chi connectivity index (χ2v) is 5.02. The van der Waals surface area contributed by atoms with Crippen molar-refractivity contribution in [2.75, 3.05) is 45.9 Å². The molecule has 98 valence electrons. The number of nitrogens with one attached hydrogen (secondary N) is 1. The highest BCUT2D eigenvalue weighted by Gasteiger charge is 2.17. The minimum absolute atomic E-state index is 0.235.